The summed E-state index contributed by atoms with van der Waals surface area (Å²) in [4.78, 5) is 27.9. The second-order valence-electron chi connectivity index (χ2n) is 6.51. The predicted octanol–water partition coefficient (Wildman–Crippen LogP) is 3.19. The molecule has 0 spiro atoms. The first-order valence-corrected chi connectivity index (χ1v) is 9.79. The Labute approximate surface area is 165 Å². The molecule has 0 aliphatic carbocycles. The van der Waals surface area contributed by atoms with Gasteiger partial charge in [0.25, 0.3) is 5.91 Å². The van der Waals surface area contributed by atoms with Gasteiger partial charge in [-0.25, -0.2) is 4.98 Å². The van der Waals surface area contributed by atoms with E-state index in [0.717, 1.165) is 38.8 Å². The molecule has 1 amide bonds. The molecule has 0 bridgehead atoms. The van der Waals surface area contributed by atoms with Crippen molar-refractivity contribution in [1.82, 2.24) is 30.0 Å². The number of nitrogens with zero attached hydrogens (tertiary/aromatic N) is 5. The average molecular weight is 388 g/mol. The summed E-state index contributed by atoms with van der Waals surface area (Å²) in [5.41, 5.74) is 5.42. The zero-order valence-corrected chi connectivity index (χ0v) is 15.7. The smallest absolute Gasteiger partial charge is 0.254 e. The number of hydrogen-bond acceptors (Lipinski definition) is 6. The Hall–Kier alpha value is -3.39. The SMILES string of the molecule is O=C1c2cccc(-c3cnccn3)c2CN1CCc1csc(-c2ccn[nH]2)n1. The van der Waals surface area contributed by atoms with Gasteiger partial charge in [0.15, 0.2) is 0 Å². The number of amides is 1. The number of hydrogen-bond donors (Lipinski definition) is 1. The summed E-state index contributed by atoms with van der Waals surface area (Å²) < 4.78 is 0. The summed E-state index contributed by atoms with van der Waals surface area (Å²) in [5.74, 6) is 0.0600. The quantitative estimate of drug-likeness (QED) is 0.567. The van der Waals surface area contributed by atoms with Crippen LogP contribution in [0.15, 0.2) is 54.4 Å². The lowest BCUT2D eigenvalue weighted by Gasteiger charge is -2.14. The Morgan fingerprint density at radius 2 is 2.07 bits per heavy atom. The van der Waals surface area contributed by atoms with Crippen LogP contribution in [0.1, 0.15) is 21.6 Å². The van der Waals surface area contributed by atoms with Gasteiger partial charge in [-0.05, 0) is 17.7 Å². The van der Waals surface area contributed by atoms with E-state index in [4.69, 9.17) is 0 Å². The number of H-pyrrole nitrogens is 1. The van der Waals surface area contributed by atoms with Crippen LogP contribution in [0.4, 0.5) is 0 Å². The Morgan fingerprint density at radius 3 is 2.89 bits per heavy atom. The molecule has 5 rings (SSSR count). The molecule has 4 aromatic rings. The predicted molar refractivity (Wildman–Crippen MR) is 106 cm³/mol. The van der Waals surface area contributed by atoms with Crippen LogP contribution < -0.4 is 0 Å². The highest BCUT2D eigenvalue weighted by Gasteiger charge is 2.29. The van der Waals surface area contributed by atoms with Crippen LogP contribution in [-0.2, 0) is 13.0 Å². The topological polar surface area (TPSA) is 87.7 Å². The highest BCUT2D eigenvalue weighted by atomic mass is 32.1. The molecular weight excluding hydrogens is 372 g/mol. The van der Waals surface area contributed by atoms with E-state index in [0.29, 0.717) is 19.5 Å². The molecular formula is C20H16N6OS. The van der Waals surface area contributed by atoms with E-state index in [1.54, 1.807) is 36.1 Å². The van der Waals surface area contributed by atoms with Crippen molar-refractivity contribution in [3.8, 4) is 22.0 Å². The number of thiazole rings is 1. The second kappa shape index (κ2) is 6.97. The van der Waals surface area contributed by atoms with Crippen molar-refractivity contribution in [2.24, 2.45) is 0 Å². The zero-order chi connectivity index (χ0) is 18.9. The van der Waals surface area contributed by atoms with E-state index in [9.17, 15) is 4.79 Å². The molecule has 3 aromatic heterocycles. The molecule has 0 atom stereocenters. The van der Waals surface area contributed by atoms with Crippen molar-refractivity contribution >= 4 is 17.2 Å². The summed E-state index contributed by atoms with van der Waals surface area (Å²) >= 11 is 1.58. The highest BCUT2D eigenvalue weighted by Crippen LogP contribution is 2.31. The van der Waals surface area contributed by atoms with Crippen LogP contribution in [0.5, 0.6) is 0 Å². The molecule has 1 aliphatic heterocycles. The van der Waals surface area contributed by atoms with Gasteiger partial charge in [0.1, 0.15) is 5.01 Å². The first kappa shape index (κ1) is 16.8. The van der Waals surface area contributed by atoms with Crippen molar-refractivity contribution in [3.63, 3.8) is 0 Å². The lowest BCUT2D eigenvalue weighted by molar-refractivity contribution is 0.0780. The summed E-state index contributed by atoms with van der Waals surface area (Å²) in [7, 11) is 0. The van der Waals surface area contributed by atoms with E-state index in [-0.39, 0.29) is 5.91 Å². The maximum Gasteiger partial charge on any atom is 0.254 e. The molecule has 1 aliphatic rings. The van der Waals surface area contributed by atoms with Crippen LogP contribution in [0.2, 0.25) is 0 Å². The van der Waals surface area contributed by atoms with E-state index < -0.39 is 0 Å². The molecule has 28 heavy (non-hydrogen) atoms. The molecule has 138 valence electrons. The molecule has 1 aromatic carbocycles. The van der Waals surface area contributed by atoms with E-state index >= 15 is 0 Å². The lowest BCUT2D eigenvalue weighted by Crippen LogP contribution is -2.26. The Morgan fingerprint density at radius 1 is 1.14 bits per heavy atom. The Balaban J connectivity index is 1.33. The summed E-state index contributed by atoms with van der Waals surface area (Å²) in [6.07, 6.45) is 7.48. The van der Waals surface area contributed by atoms with Gasteiger partial charge in [-0.2, -0.15) is 5.10 Å². The first-order valence-electron chi connectivity index (χ1n) is 8.91. The maximum atomic E-state index is 12.9. The van der Waals surface area contributed by atoms with Crippen molar-refractivity contribution in [2.75, 3.05) is 6.54 Å². The van der Waals surface area contributed by atoms with Crippen molar-refractivity contribution in [2.45, 2.75) is 13.0 Å². The molecule has 7 nitrogen and oxygen atoms in total. The van der Waals surface area contributed by atoms with Gasteiger partial charge in [0.05, 0.1) is 23.3 Å². The van der Waals surface area contributed by atoms with Crippen molar-refractivity contribution in [1.29, 1.82) is 0 Å². The standard InChI is InChI=1S/C20H16N6OS/c27-20-15-3-1-2-14(18-10-21-7-8-22-18)16(15)11-26(20)9-5-13-12-28-19(24-13)17-4-6-23-25-17/h1-4,6-8,10,12H,5,9,11H2,(H,23,25). The summed E-state index contributed by atoms with van der Waals surface area (Å²) in [6, 6.07) is 7.69. The molecule has 0 saturated carbocycles. The van der Waals surface area contributed by atoms with Crippen LogP contribution in [0.25, 0.3) is 22.0 Å². The Kier molecular flexibility index (Phi) is 4.17. The second-order valence-corrected chi connectivity index (χ2v) is 7.37. The van der Waals surface area contributed by atoms with Crippen LogP contribution in [0, 0.1) is 0 Å². The number of carbonyl (C=O) groups excluding carboxylic acids is 1. The third-order valence-corrected chi connectivity index (χ3v) is 5.73. The number of fused-ring (bicyclic) bond motifs is 1. The minimum absolute atomic E-state index is 0.0600. The van der Waals surface area contributed by atoms with Gasteiger partial charge in [-0.1, -0.05) is 12.1 Å². The fourth-order valence-corrected chi connectivity index (χ4v) is 4.25. The maximum absolute atomic E-state index is 12.9. The minimum atomic E-state index is 0.0600. The molecule has 1 N–H and O–H groups in total. The number of carbonyl (C=O) groups is 1. The lowest BCUT2D eigenvalue weighted by atomic mass is 10.0. The van der Waals surface area contributed by atoms with Crippen molar-refractivity contribution < 1.29 is 4.79 Å². The first-order chi connectivity index (χ1) is 13.8. The fraction of sp³-hybridized carbons (Fsp3) is 0.150. The van der Waals surface area contributed by atoms with Crippen LogP contribution in [0.3, 0.4) is 0 Å². The Bertz CT molecular complexity index is 1120. The molecule has 4 heterocycles. The normalized spacial score (nSPS) is 13.1. The molecule has 0 unspecified atom stereocenters. The molecule has 8 heteroatoms. The van der Waals surface area contributed by atoms with Gasteiger partial charge < -0.3 is 4.90 Å². The largest absolute Gasteiger partial charge is 0.334 e. The molecule has 0 fully saturated rings. The number of aromatic amines is 1. The summed E-state index contributed by atoms with van der Waals surface area (Å²) in [6.45, 7) is 1.21. The zero-order valence-electron chi connectivity index (χ0n) is 14.9. The van der Waals surface area contributed by atoms with Crippen LogP contribution >= 0.6 is 11.3 Å². The van der Waals surface area contributed by atoms with Crippen LogP contribution in [-0.4, -0.2) is 42.5 Å². The molecule has 0 saturated heterocycles. The van der Waals surface area contributed by atoms with E-state index in [2.05, 4.69) is 25.1 Å². The number of aromatic nitrogens is 5. The number of benzene rings is 1. The average Bonchev–Trinajstić information content (AvgIpc) is 3.48. The third kappa shape index (κ3) is 2.97. The van der Waals surface area contributed by atoms with Gasteiger partial charge in [-0.3, -0.25) is 19.9 Å². The van der Waals surface area contributed by atoms with Crippen molar-refractivity contribution in [3.05, 3.63) is 71.3 Å². The third-order valence-electron chi connectivity index (χ3n) is 4.80. The van der Waals surface area contributed by atoms with E-state index in [1.807, 2.05) is 34.5 Å². The molecule has 0 radical (unpaired) electrons. The van der Waals surface area contributed by atoms with Gasteiger partial charge in [-0.15, -0.1) is 11.3 Å². The van der Waals surface area contributed by atoms with Gasteiger partial charge >= 0.3 is 0 Å². The number of rotatable bonds is 5. The summed E-state index contributed by atoms with van der Waals surface area (Å²) in [5, 5.41) is 9.84. The minimum Gasteiger partial charge on any atom is -0.334 e. The van der Waals surface area contributed by atoms with Gasteiger partial charge in [0, 0.05) is 54.6 Å². The fourth-order valence-electron chi connectivity index (χ4n) is 3.42. The monoisotopic (exact) mass is 388 g/mol. The number of nitrogens with one attached hydrogen (secondary N) is 1. The highest BCUT2D eigenvalue weighted by molar-refractivity contribution is 7.13. The van der Waals surface area contributed by atoms with E-state index in [1.165, 1.54) is 0 Å². The van der Waals surface area contributed by atoms with Gasteiger partial charge in [0.2, 0.25) is 0 Å².